The summed E-state index contributed by atoms with van der Waals surface area (Å²) in [7, 11) is 3.95. The molecule has 1 aliphatic heterocycles. The van der Waals surface area contributed by atoms with E-state index in [1.165, 1.54) is 5.56 Å². The molecular weight excluding hydrogens is 278 g/mol. The number of nitrogens with zero attached hydrogens (tertiary/aromatic N) is 3. The predicted molar refractivity (Wildman–Crippen MR) is 87.9 cm³/mol. The molecule has 22 heavy (non-hydrogen) atoms. The molecular formula is C17H25N3O2. The highest BCUT2D eigenvalue weighted by Gasteiger charge is 2.24. The van der Waals surface area contributed by atoms with Gasteiger partial charge in [-0.15, -0.1) is 0 Å². The summed E-state index contributed by atoms with van der Waals surface area (Å²) in [6.45, 7) is 4.26. The number of hydrogen-bond donors (Lipinski definition) is 0. The first-order valence-corrected chi connectivity index (χ1v) is 7.77. The van der Waals surface area contributed by atoms with E-state index in [9.17, 15) is 9.59 Å². The van der Waals surface area contributed by atoms with Crippen LogP contribution in [0.2, 0.25) is 0 Å². The second-order valence-electron chi connectivity index (χ2n) is 5.98. The van der Waals surface area contributed by atoms with Gasteiger partial charge in [0.1, 0.15) is 0 Å². The van der Waals surface area contributed by atoms with Gasteiger partial charge in [-0.1, -0.05) is 18.2 Å². The van der Waals surface area contributed by atoms with E-state index in [0.717, 1.165) is 25.2 Å². The van der Waals surface area contributed by atoms with Gasteiger partial charge in [0, 0.05) is 45.2 Å². The summed E-state index contributed by atoms with van der Waals surface area (Å²) in [4.78, 5) is 29.8. The zero-order valence-electron chi connectivity index (χ0n) is 13.7. The predicted octanol–water partition coefficient (Wildman–Crippen LogP) is 1.38. The van der Waals surface area contributed by atoms with Crippen molar-refractivity contribution in [2.45, 2.75) is 19.8 Å². The molecule has 5 heteroatoms. The fourth-order valence-electron chi connectivity index (χ4n) is 2.71. The summed E-state index contributed by atoms with van der Waals surface area (Å²) in [6.07, 6.45) is 1.29. The van der Waals surface area contributed by atoms with Gasteiger partial charge in [0.2, 0.25) is 11.8 Å². The van der Waals surface area contributed by atoms with Crippen LogP contribution in [-0.4, -0.2) is 61.9 Å². The van der Waals surface area contributed by atoms with Crippen molar-refractivity contribution < 1.29 is 9.59 Å². The van der Waals surface area contributed by atoms with Crippen molar-refractivity contribution in [3.63, 3.8) is 0 Å². The average molecular weight is 303 g/mol. The van der Waals surface area contributed by atoms with Gasteiger partial charge in [-0.3, -0.25) is 9.59 Å². The van der Waals surface area contributed by atoms with E-state index in [1.54, 1.807) is 11.8 Å². The van der Waals surface area contributed by atoms with Crippen molar-refractivity contribution in [2.75, 3.05) is 45.2 Å². The Balaban J connectivity index is 1.90. The van der Waals surface area contributed by atoms with Crippen LogP contribution in [0.5, 0.6) is 0 Å². The third-order valence-electron chi connectivity index (χ3n) is 4.05. The third-order valence-corrected chi connectivity index (χ3v) is 4.05. The molecule has 1 aliphatic rings. The molecule has 0 saturated heterocycles. The molecule has 0 saturated carbocycles. The lowest BCUT2D eigenvalue weighted by molar-refractivity contribution is -0.129. The number of carbonyl (C=O) groups excluding carboxylic acids is 2. The van der Waals surface area contributed by atoms with Crippen molar-refractivity contribution in [3.05, 3.63) is 29.8 Å². The normalized spacial score (nSPS) is 13.4. The highest BCUT2D eigenvalue weighted by molar-refractivity contribution is 5.95. The fourth-order valence-corrected chi connectivity index (χ4v) is 2.71. The summed E-state index contributed by atoms with van der Waals surface area (Å²) < 4.78 is 0. The highest BCUT2D eigenvalue weighted by atomic mass is 16.2. The molecule has 1 heterocycles. The monoisotopic (exact) mass is 303 g/mol. The van der Waals surface area contributed by atoms with Gasteiger partial charge in [0.15, 0.2) is 0 Å². The summed E-state index contributed by atoms with van der Waals surface area (Å²) in [6, 6.07) is 8.03. The summed E-state index contributed by atoms with van der Waals surface area (Å²) in [5, 5.41) is 0. The third kappa shape index (κ3) is 4.07. The topological polar surface area (TPSA) is 43.9 Å². The van der Waals surface area contributed by atoms with Crippen LogP contribution in [0.1, 0.15) is 18.9 Å². The highest BCUT2D eigenvalue weighted by Crippen LogP contribution is 2.27. The Labute approximate surface area is 132 Å². The fraction of sp³-hybridized carbons (Fsp3) is 0.529. The van der Waals surface area contributed by atoms with Crippen LogP contribution in [0.3, 0.4) is 0 Å². The van der Waals surface area contributed by atoms with Crippen LogP contribution < -0.4 is 4.90 Å². The number of fused-ring (bicyclic) bond motifs is 1. The number of likely N-dealkylation sites (N-methyl/N-ethyl adjacent to an activating group) is 1. The zero-order valence-corrected chi connectivity index (χ0v) is 13.7. The first-order chi connectivity index (χ1) is 10.5. The Morgan fingerprint density at radius 3 is 2.55 bits per heavy atom. The van der Waals surface area contributed by atoms with Gasteiger partial charge in [0.25, 0.3) is 0 Å². The molecule has 0 unspecified atom stereocenters. The lowest BCUT2D eigenvalue weighted by Gasteiger charge is -2.24. The Morgan fingerprint density at radius 1 is 1.14 bits per heavy atom. The first kappa shape index (κ1) is 16.5. The van der Waals surface area contributed by atoms with E-state index in [-0.39, 0.29) is 11.8 Å². The van der Waals surface area contributed by atoms with Gasteiger partial charge in [-0.2, -0.15) is 0 Å². The van der Waals surface area contributed by atoms with E-state index in [1.807, 2.05) is 42.1 Å². The zero-order chi connectivity index (χ0) is 16.1. The van der Waals surface area contributed by atoms with Gasteiger partial charge >= 0.3 is 0 Å². The molecule has 120 valence electrons. The molecule has 0 N–H and O–H groups in total. The summed E-state index contributed by atoms with van der Waals surface area (Å²) in [5.74, 6) is 0.123. The van der Waals surface area contributed by atoms with Crippen LogP contribution in [-0.2, 0) is 16.0 Å². The molecule has 1 aromatic carbocycles. The Bertz CT molecular complexity index is 542. The van der Waals surface area contributed by atoms with Crippen LogP contribution in [0.25, 0.3) is 0 Å². The second kappa shape index (κ2) is 7.40. The summed E-state index contributed by atoms with van der Waals surface area (Å²) >= 11 is 0. The van der Waals surface area contributed by atoms with Crippen LogP contribution >= 0.6 is 0 Å². The van der Waals surface area contributed by atoms with Gasteiger partial charge in [-0.25, -0.2) is 0 Å². The molecule has 2 rings (SSSR count). The molecule has 2 amide bonds. The smallest absolute Gasteiger partial charge is 0.228 e. The molecule has 5 nitrogen and oxygen atoms in total. The van der Waals surface area contributed by atoms with Gasteiger partial charge in [0.05, 0.1) is 0 Å². The maximum absolute atomic E-state index is 12.5. The van der Waals surface area contributed by atoms with Gasteiger partial charge < -0.3 is 14.7 Å². The van der Waals surface area contributed by atoms with Crippen LogP contribution in [0, 0.1) is 0 Å². The number of amides is 2. The minimum Gasteiger partial charge on any atom is -0.341 e. The number of para-hydroxylation sites is 1. The maximum atomic E-state index is 12.5. The summed E-state index contributed by atoms with van der Waals surface area (Å²) in [5.41, 5.74) is 2.25. The molecule has 0 aromatic heterocycles. The average Bonchev–Trinajstić information content (AvgIpc) is 2.90. The number of benzene rings is 1. The minimum atomic E-state index is 0.0245. The van der Waals surface area contributed by atoms with E-state index >= 15 is 0 Å². The molecule has 0 bridgehead atoms. The number of carbonyl (C=O) groups is 2. The molecule has 1 aromatic rings. The Kier molecular flexibility index (Phi) is 5.55. The Hall–Kier alpha value is -1.88. The maximum Gasteiger partial charge on any atom is 0.228 e. The SMILES string of the molecule is CC(=O)N(CCC(=O)N1CCc2ccccc21)CCN(C)C. The quantitative estimate of drug-likeness (QED) is 0.797. The molecule has 0 radical (unpaired) electrons. The number of anilines is 1. The van der Waals surface area contributed by atoms with Crippen molar-refractivity contribution >= 4 is 17.5 Å². The molecule has 0 fully saturated rings. The van der Waals surface area contributed by atoms with Crippen LogP contribution in [0.4, 0.5) is 5.69 Å². The van der Waals surface area contributed by atoms with Crippen molar-refractivity contribution in [1.82, 2.24) is 9.80 Å². The first-order valence-electron chi connectivity index (χ1n) is 7.77. The lowest BCUT2D eigenvalue weighted by Crippen LogP contribution is -2.38. The minimum absolute atomic E-state index is 0.0245. The lowest BCUT2D eigenvalue weighted by atomic mass is 10.2. The second-order valence-corrected chi connectivity index (χ2v) is 5.98. The van der Waals surface area contributed by atoms with Crippen molar-refractivity contribution in [3.8, 4) is 0 Å². The van der Waals surface area contributed by atoms with Crippen molar-refractivity contribution in [1.29, 1.82) is 0 Å². The van der Waals surface area contributed by atoms with E-state index in [4.69, 9.17) is 0 Å². The Morgan fingerprint density at radius 2 is 1.86 bits per heavy atom. The molecule has 0 spiro atoms. The molecule has 0 atom stereocenters. The number of rotatable bonds is 6. The van der Waals surface area contributed by atoms with Gasteiger partial charge in [-0.05, 0) is 32.1 Å². The van der Waals surface area contributed by atoms with E-state index in [2.05, 4.69) is 6.07 Å². The largest absolute Gasteiger partial charge is 0.341 e. The standard InChI is InChI=1S/C17H25N3O2/c1-14(21)19(13-12-18(2)3)10-9-17(22)20-11-8-15-6-4-5-7-16(15)20/h4-7H,8-13H2,1-3H3. The van der Waals surface area contributed by atoms with Crippen molar-refractivity contribution in [2.24, 2.45) is 0 Å². The van der Waals surface area contributed by atoms with E-state index in [0.29, 0.717) is 19.5 Å². The van der Waals surface area contributed by atoms with E-state index < -0.39 is 0 Å². The van der Waals surface area contributed by atoms with Crippen LogP contribution in [0.15, 0.2) is 24.3 Å². The molecule has 0 aliphatic carbocycles. The number of hydrogen-bond acceptors (Lipinski definition) is 3.